The number of allylic oxidation sites excluding steroid dienone is 3. The van der Waals surface area contributed by atoms with Gasteiger partial charge in [-0.3, -0.25) is 9.59 Å². The second kappa shape index (κ2) is 9.44. The molecule has 0 aliphatic heterocycles. The van der Waals surface area contributed by atoms with Crippen LogP contribution in [0.4, 0.5) is 52.7 Å². The van der Waals surface area contributed by atoms with Crippen LogP contribution >= 0.6 is 0 Å². The fourth-order valence-electron chi connectivity index (χ4n) is 4.12. The van der Waals surface area contributed by atoms with Crippen LogP contribution < -0.4 is 0 Å². The average Bonchev–Trinajstić information content (AvgIpc) is 2.73. The van der Waals surface area contributed by atoms with Crippen LogP contribution in [0.15, 0.2) is 28.9 Å². The molecule has 1 aromatic rings. The SMILES string of the molecule is O=C(O)C1=C(C(F)(F)F)C(C(F)(F)F)=C(c2ccc(C(=O)O)c(C(F)(F)F)c2C(F)(F)F)CC1(C(=O)O)C(=O)O. The van der Waals surface area contributed by atoms with Crippen LogP contribution in [0.1, 0.15) is 33.5 Å². The smallest absolute Gasteiger partial charge is 0.417 e. The molecule has 0 saturated heterocycles. The number of aliphatic carboxylic acids is 3. The van der Waals surface area contributed by atoms with E-state index < -0.39 is 111 Å². The Bertz CT molecular complexity index is 1360. The summed E-state index contributed by atoms with van der Waals surface area (Å²) < 4.78 is 167. The number of benzene rings is 1. The van der Waals surface area contributed by atoms with Crippen LogP contribution in [0.3, 0.4) is 0 Å². The van der Waals surface area contributed by atoms with Crippen LogP contribution in [0.2, 0.25) is 0 Å². The Kier molecular flexibility index (Phi) is 7.54. The number of rotatable bonds is 5. The second-order valence-corrected chi connectivity index (χ2v) is 7.81. The van der Waals surface area contributed by atoms with E-state index in [1.165, 1.54) is 0 Å². The molecule has 0 unspecified atom stereocenters. The monoisotopic (exact) mass is 604 g/mol. The van der Waals surface area contributed by atoms with Crippen LogP contribution in [0, 0.1) is 5.41 Å². The van der Waals surface area contributed by atoms with Crippen molar-refractivity contribution in [1.29, 1.82) is 0 Å². The van der Waals surface area contributed by atoms with E-state index in [9.17, 15) is 87.2 Å². The largest absolute Gasteiger partial charge is 0.480 e. The van der Waals surface area contributed by atoms with Crippen molar-refractivity contribution in [2.75, 3.05) is 0 Å². The molecule has 1 aromatic carbocycles. The average molecular weight is 604 g/mol. The maximum Gasteiger partial charge on any atom is 0.417 e. The minimum atomic E-state index is -6.67. The van der Waals surface area contributed by atoms with E-state index >= 15 is 0 Å². The molecule has 0 heterocycles. The summed E-state index contributed by atoms with van der Waals surface area (Å²) in [5, 5.41) is 37.0. The van der Waals surface area contributed by atoms with Gasteiger partial charge in [0.1, 0.15) is 0 Å². The van der Waals surface area contributed by atoms with Gasteiger partial charge in [-0.1, -0.05) is 6.07 Å². The second-order valence-electron chi connectivity index (χ2n) is 7.81. The van der Waals surface area contributed by atoms with Crippen molar-refractivity contribution in [2.24, 2.45) is 5.41 Å². The number of carbonyl (C=O) groups is 4. The third-order valence-electron chi connectivity index (χ3n) is 5.51. The van der Waals surface area contributed by atoms with Gasteiger partial charge in [0.25, 0.3) is 0 Å². The Morgan fingerprint density at radius 2 is 1.02 bits per heavy atom. The van der Waals surface area contributed by atoms with Gasteiger partial charge in [0.05, 0.1) is 33.4 Å². The van der Waals surface area contributed by atoms with Gasteiger partial charge in [0, 0.05) is 6.42 Å². The van der Waals surface area contributed by atoms with Crippen molar-refractivity contribution in [1.82, 2.24) is 0 Å². The Labute approximate surface area is 210 Å². The predicted octanol–water partition coefficient (Wildman–Crippen LogP) is 5.24. The molecule has 1 aliphatic rings. The zero-order chi connectivity index (χ0) is 31.5. The summed E-state index contributed by atoms with van der Waals surface area (Å²) in [6, 6.07) is -0.847. The lowest BCUT2D eigenvalue weighted by molar-refractivity contribution is -0.165. The zero-order valence-electron chi connectivity index (χ0n) is 18.3. The lowest BCUT2D eigenvalue weighted by Gasteiger charge is -2.37. The number of hydrogen-bond donors (Lipinski definition) is 4. The maximum absolute atomic E-state index is 14.0. The van der Waals surface area contributed by atoms with Crippen molar-refractivity contribution in [3.8, 4) is 0 Å². The summed E-state index contributed by atoms with van der Waals surface area (Å²) in [6.07, 6.45) is -28.8. The van der Waals surface area contributed by atoms with E-state index in [2.05, 4.69) is 0 Å². The molecular formula is C20H8F12O8. The summed E-state index contributed by atoms with van der Waals surface area (Å²) in [7, 11) is 0. The van der Waals surface area contributed by atoms with Crippen molar-refractivity contribution in [3.63, 3.8) is 0 Å². The number of hydrogen-bond acceptors (Lipinski definition) is 4. The summed E-state index contributed by atoms with van der Waals surface area (Å²) >= 11 is 0. The molecule has 0 fully saturated rings. The van der Waals surface area contributed by atoms with Gasteiger partial charge in [0.2, 0.25) is 5.41 Å². The number of carboxylic acid groups (broad SMARTS) is 4. The van der Waals surface area contributed by atoms with Crippen LogP contribution in [-0.2, 0) is 26.7 Å². The third kappa shape index (κ3) is 5.16. The minimum absolute atomic E-state index is 0.385. The maximum atomic E-state index is 14.0. The van der Waals surface area contributed by atoms with E-state index in [1.807, 2.05) is 0 Å². The first-order chi connectivity index (χ1) is 17.7. The Morgan fingerprint density at radius 1 is 0.600 bits per heavy atom. The normalized spacial score (nSPS) is 16.7. The first kappa shape index (κ1) is 32.0. The first-order valence-corrected chi connectivity index (χ1v) is 9.60. The molecule has 0 atom stereocenters. The molecule has 8 nitrogen and oxygen atoms in total. The van der Waals surface area contributed by atoms with Gasteiger partial charge in [0.15, 0.2) is 0 Å². The van der Waals surface area contributed by atoms with E-state index in [1.54, 1.807) is 0 Å². The Morgan fingerprint density at radius 3 is 1.32 bits per heavy atom. The van der Waals surface area contributed by atoms with Gasteiger partial charge in [-0.2, -0.15) is 52.7 Å². The van der Waals surface area contributed by atoms with Crippen molar-refractivity contribution >= 4 is 29.5 Å². The van der Waals surface area contributed by atoms with E-state index in [0.29, 0.717) is 0 Å². The topological polar surface area (TPSA) is 149 Å². The Balaban J connectivity index is 3.51. The molecule has 20 heteroatoms. The molecule has 0 radical (unpaired) electrons. The van der Waals surface area contributed by atoms with Gasteiger partial charge in [-0.25, -0.2) is 9.59 Å². The number of carboxylic acids is 4. The third-order valence-corrected chi connectivity index (χ3v) is 5.51. The van der Waals surface area contributed by atoms with Gasteiger partial charge >= 0.3 is 48.6 Å². The van der Waals surface area contributed by atoms with Crippen molar-refractivity contribution in [3.05, 3.63) is 51.1 Å². The predicted molar refractivity (Wildman–Crippen MR) is 99.4 cm³/mol. The van der Waals surface area contributed by atoms with Crippen molar-refractivity contribution in [2.45, 2.75) is 31.1 Å². The summed E-state index contributed by atoms with van der Waals surface area (Å²) in [6.45, 7) is 0. The molecule has 4 N–H and O–H groups in total. The van der Waals surface area contributed by atoms with Crippen molar-refractivity contribution < 1.29 is 92.3 Å². The molecule has 40 heavy (non-hydrogen) atoms. The highest BCUT2D eigenvalue weighted by Crippen LogP contribution is 2.57. The molecule has 0 aromatic heterocycles. The standard InChI is InChI=1S/C20H8F12O8/c21-17(22,23)7-4(1-2-5(12(33)34)8(7)18(24,25)26)6-3-16(14(37)38,15(39)40)11(13(35)36)10(20(30,31)32)9(6)19(27,28)29/h1-2H,3H2,(H,33,34)(H,35,36)(H,37,38)(H,39,40). The molecule has 0 bridgehead atoms. The summed E-state index contributed by atoms with van der Waals surface area (Å²) in [5.74, 6) is -12.2. The molecule has 220 valence electrons. The van der Waals surface area contributed by atoms with Crippen LogP contribution in [-0.4, -0.2) is 56.7 Å². The van der Waals surface area contributed by atoms with E-state index in [0.717, 1.165) is 0 Å². The van der Waals surface area contributed by atoms with Gasteiger partial charge in [-0.05, 0) is 17.2 Å². The molecule has 0 amide bonds. The van der Waals surface area contributed by atoms with Gasteiger partial charge in [-0.15, -0.1) is 0 Å². The van der Waals surface area contributed by atoms with E-state index in [4.69, 9.17) is 5.11 Å². The number of alkyl halides is 12. The highest BCUT2D eigenvalue weighted by Gasteiger charge is 2.64. The molecule has 1 aliphatic carbocycles. The highest BCUT2D eigenvalue weighted by atomic mass is 19.4. The molecule has 0 saturated carbocycles. The summed E-state index contributed by atoms with van der Waals surface area (Å²) in [4.78, 5) is 46.5. The fourth-order valence-corrected chi connectivity index (χ4v) is 4.12. The van der Waals surface area contributed by atoms with Crippen LogP contribution in [0.25, 0.3) is 5.57 Å². The fraction of sp³-hybridized carbons (Fsp3) is 0.300. The Hall–Kier alpha value is -4.26. The lowest BCUT2D eigenvalue weighted by Crippen LogP contribution is -2.48. The molecule has 0 spiro atoms. The minimum Gasteiger partial charge on any atom is -0.480 e. The highest BCUT2D eigenvalue weighted by molar-refractivity contribution is 6.14. The number of halogens is 12. The number of aromatic carboxylic acids is 1. The quantitative estimate of drug-likeness (QED) is 0.264. The first-order valence-electron chi connectivity index (χ1n) is 9.60. The molecular weight excluding hydrogens is 596 g/mol. The molecule has 2 rings (SSSR count). The zero-order valence-corrected chi connectivity index (χ0v) is 18.3. The van der Waals surface area contributed by atoms with Gasteiger partial charge < -0.3 is 20.4 Å². The lowest BCUT2D eigenvalue weighted by atomic mass is 9.65. The van der Waals surface area contributed by atoms with E-state index in [-0.39, 0.29) is 6.07 Å². The van der Waals surface area contributed by atoms with Crippen LogP contribution in [0.5, 0.6) is 0 Å². The summed E-state index contributed by atoms with van der Waals surface area (Å²) in [5.41, 5.74) is -28.7.